The quantitative estimate of drug-likeness (QED) is 0.877. The van der Waals surface area contributed by atoms with Crippen molar-refractivity contribution in [3.05, 3.63) is 50.1 Å². The van der Waals surface area contributed by atoms with Crippen LogP contribution in [0.1, 0.15) is 11.6 Å². The van der Waals surface area contributed by atoms with Crippen molar-refractivity contribution in [1.82, 2.24) is 0 Å². The van der Waals surface area contributed by atoms with Crippen LogP contribution in [0, 0.1) is 0 Å². The van der Waals surface area contributed by atoms with Gasteiger partial charge in [-0.2, -0.15) is 11.3 Å². The van der Waals surface area contributed by atoms with Crippen molar-refractivity contribution in [2.75, 3.05) is 11.9 Å². The number of benzene rings is 1. The summed E-state index contributed by atoms with van der Waals surface area (Å²) in [5, 5.41) is 8.26. The summed E-state index contributed by atoms with van der Waals surface area (Å²) in [6.07, 6.45) is 0. The summed E-state index contributed by atoms with van der Waals surface area (Å²) in [5.74, 6) is 0. The minimum Gasteiger partial charge on any atom is -0.377 e. The molecule has 0 fully saturated rings. The van der Waals surface area contributed by atoms with E-state index in [4.69, 9.17) is 17.3 Å². The van der Waals surface area contributed by atoms with E-state index in [0.717, 1.165) is 10.2 Å². The first-order chi connectivity index (χ1) is 8.20. The molecule has 0 radical (unpaired) electrons. The maximum atomic E-state index is 5.95. The van der Waals surface area contributed by atoms with Gasteiger partial charge in [-0.05, 0) is 56.5 Å². The molecule has 1 atom stereocenters. The van der Waals surface area contributed by atoms with Gasteiger partial charge in [-0.3, -0.25) is 0 Å². The summed E-state index contributed by atoms with van der Waals surface area (Å²) in [6.45, 7) is 0.553. The summed E-state index contributed by atoms with van der Waals surface area (Å²) >= 11 is 11.0. The molecule has 0 aliphatic heterocycles. The van der Waals surface area contributed by atoms with E-state index in [1.165, 1.54) is 5.56 Å². The fraction of sp³-hybridized carbons (Fsp3) is 0.167. The first kappa shape index (κ1) is 12.9. The summed E-state index contributed by atoms with van der Waals surface area (Å²) in [4.78, 5) is 0. The molecular formula is C12H12BrClN2S. The smallest absolute Gasteiger partial charge is 0.0644 e. The monoisotopic (exact) mass is 330 g/mol. The van der Waals surface area contributed by atoms with Gasteiger partial charge in [0.15, 0.2) is 0 Å². The number of halogens is 2. The van der Waals surface area contributed by atoms with E-state index in [9.17, 15) is 0 Å². The second-order valence-electron chi connectivity index (χ2n) is 3.62. The Morgan fingerprint density at radius 2 is 2.24 bits per heavy atom. The van der Waals surface area contributed by atoms with Gasteiger partial charge in [-0.15, -0.1) is 0 Å². The first-order valence-corrected chi connectivity index (χ1v) is 7.26. The minimum atomic E-state index is 0.134. The molecule has 1 aromatic carbocycles. The van der Waals surface area contributed by atoms with Crippen molar-refractivity contribution >= 4 is 44.6 Å². The zero-order valence-corrected chi connectivity index (χ0v) is 12.1. The van der Waals surface area contributed by atoms with E-state index < -0.39 is 0 Å². The SMILES string of the molecule is NCC(Nc1ccc(Cl)c(Br)c1)c1ccsc1. The molecule has 0 aliphatic rings. The lowest BCUT2D eigenvalue weighted by Crippen LogP contribution is -2.19. The predicted octanol–water partition coefficient (Wildman–Crippen LogP) is 4.28. The molecule has 2 aromatic rings. The lowest BCUT2D eigenvalue weighted by Gasteiger charge is -2.17. The molecule has 2 rings (SSSR count). The van der Waals surface area contributed by atoms with Gasteiger partial charge in [0.05, 0.1) is 11.1 Å². The number of rotatable bonds is 4. The van der Waals surface area contributed by atoms with E-state index in [-0.39, 0.29) is 6.04 Å². The van der Waals surface area contributed by atoms with Gasteiger partial charge in [0.25, 0.3) is 0 Å². The molecular weight excluding hydrogens is 320 g/mol. The summed E-state index contributed by atoms with van der Waals surface area (Å²) < 4.78 is 0.880. The highest BCUT2D eigenvalue weighted by Gasteiger charge is 2.10. The van der Waals surface area contributed by atoms with E-state index in [1.807, 2.05) is 18.2 Å². The Bertz CT molecular complexity index is 487. The molecule has 2 nitrogen and oxygen atoms in total. The standard InChI is InChI=1S/C12H12BrClN2S/c13-10-5-9(1-2-11(10)14)16-12(6-15)8-3-4-17-7-8/h1-5,7,12,16H,6,15H2. The molecule has 5 heteroatoms. The largest absolute Gasteiger partial charge is 0.377 e. The van der Waals surface area contributed by atoms with Gasteiger partial charge in [-0.25, -0.2) is 0 Å². The predicted molar refractivity (Wildman–Crippen MR) is 78.9 cm³/mol. The van der Waals surface area contributed by atoms with Crippen LogP contribution in [-0.2, 0) is 0 Å². The first-order valence-electron chi connectivity index (χ1n) is 5.14. The molecule has 90 valence electrons. The Labute approximate surface area is 118 Å². The van der Waals surface area contributed by atoms with Crippen molar-refractivity contribution in [3.63, 3.8) is 0 Å². The lowest BCUT2D eigenvalue weighted by atomic mass is 10.1. The van der Waals surface area contributed by atoms with Crippen molar-refractivity contribution in [1.29, 1.82) is 0 Å². The van der Waals surface area contributed by atoms with Crippen LogP contribution in [0.3, 0.4) is 0 Å². The molecule has 1 heterocycles. The Kier molecular flexibility index (Phi) is 4.45. The molecule has 0 amide bonds. The molecule has 0 spiro atoms. The van der Waals surface area contributed by atoms with Crippen molar-refractivity contribution in [3.8, 4) is 0 Å². The van der Waals surface area contributed by atoms with Crippen LogP contribution in [0.5, 0.6) is 0 Å². The number of thiophene rings is 1. The normalized spacial score (nSPS) is 12.4. The zero-order valence-electron chi connectivity index (χ0n) is 8.99. The Morgan fingerprint density at radius 3 is 2.82 bits per heavy atom. The summed E-state index contributed by atoms with van der Waals surface area (Å²) in [7, 11) is 0. The van der Waals surface area contributed by atoms with Crippen LogP contribution in [0.2, 0.25) is 5.02 Å². The third-order valence-electron chi connectivity index (χ3n) is 2.44. The van der Waals surface area contributed by atoms with Crippen LogP contribution >= 0.6 is 38.9 Å². The molecule has 0 saturated carbocycles. The van der Waals surface area contributed by atoms with E-state index in [2.05, 4.69) is 38.1 Å². The second kappa shape index (κ2) is 5.87. The van der Waals surface area contributed by atoms with Gasteiger partial charge >= 0.3 is 0 Å². The third kappa shape index (κ3) is 3.22. The maximum Gasteiger partial charge on any atom is 0.0644 e. The highest BCUT2D eigenvalue weighted by Crippen LogP contribution is 2.28. The Balaban J connectivity index is 2.16. The van der Waals surface area contributed by atoms with Gasteiger partial charge in [0.2, 0.25) is 0 Å². The molecule has 0 aliphatic carbocycles. The average molecular weight is 332 g/mol. The van der Waals surface area contributed by atoms with Gasteiger partial charge in [0, 0.05) is 16.7 Å². The van der Waals surface area contributed by atoms with Crippen LogP contribution in [0.4, 0.5) is 5.69 Å². The van der Waals surface area contributed by atoms with Crippen molar-refractivity contribution in [2.45, 2.75) is 6.04 Å². The third-order valence-corrected chi connectivity index (χ3v) is 4.36. The fourth-order valence-corrected chi connectivity index (χ4v) is 2.75. The summed E-state index contributed by atoms with van der Waals surface area (Å²) in [5.41, 5.74) is 8.00. The molecule has 3 N–H and O–H groups in total. The van der Waals surface area contributed by atoms with Crippen LogP contribution in [-0.4, -0.2) is 6.54 Å². The fourth-order valence-electron chi connectivity index (χ4n) is 1.54. The van der Waals surface area contributed by atoms with E-state index in [1.54, 1.807) is 11.3 Å². The average Bonchev–Trinajstić information content (AvgIpc) is 2.84. The van der Waals surface area contributed by atoms with Crippen molar-refractivity contribution < 1.29 is 0 Å². The molecule has 1 aromatic heterocycles. The van der Waals surface area contributed by atoms with Gasteiger partial charge < -0.3 is 11.1 Å². The number of nitrogens with two attached hydrogens (primary N) is 1. The number of nitrogens with one attached hydrogen (secondary N) is 1. The molecule has 0 bridgehead atoms. The van der Waals surface area contributed by atoms with E-state index >= 15 is 0 Å². The summed E-state index contributed by atoms with van der Waals surface area (Å²) in [6, 6.07) is 7.98. The number of anilines is 1. The van der Waals surface area contributed by atoms with Crippen LogP contribution in [0.15, 0.2) is 39.5 Å². The molecule has 17 heavy (non-hydrogen) atoms. The van der Waals surface area contributed by atoms with Gasteiger partial charge in [0.1, 0.15) is 0 Å². The Hall–Kier alpha value is -0.550. The van der Waals surface area contributed by atoms with Crippen LogP contribution < -0.4 is 11.1 Å². The zero-order chi connectivity index (χ0) is 12.3. The highest BCUT2D eigenvalue weighted by molar-refractivity contribution is 9.10. The van der Waals surface area contributed by atoms with Crippen LogP contribution in [0.25, 0.3) is 0 Å². The minimum absolute atomic E-state index is 0.134. The van der Waals surface area contributed by atoms with E-state index in [0.29, 0.717) is 11.6 Å². The van der Waals surface area contributed by atoms with Gasteiger partial charge in [-0.1, -0.05) is 11.6 Å². The number of hydrogen-bond acceptors (Lipinski definition) is 3. The second-order valence-corrected chi connectivity index (χ2v) is 5.66. The molecule has 1 unspecified atom stereocenters. The highest BCUT2D eigenvalue weighted by atomic mass is 79.9. The maximum absolute atomic E-state index is 5.95. The topological polar surface area (TPSA) is 38.0 Å². The molecule has 0 saturated heterocycles. The lowest BCUT2D eigenvalue weighted by molar-refractivity contribution is 0.793. The van der Waals surface area contributed by atoms with Crippen molar-refractivity contribution in [2.24, 2.45) is 5.73 Å². The number of hydrogen-bond donors (Lipinski definition) is 2. The Morgan fingerprint density at radius 1 is 1.41 bits per heavy atom.